The number of hydrogen-bond donors (Lipinski definition) is 0. The molecule has 102 valence electrons. The zero-order valence-corrected chi connectivity index (χ0v) is 11.4. The molecule has 0 saturated carbocycles. The number of amides is 2. The van der Waals surface area contributed by atoms with E-state index in [4.69, 9.17) is 4.74 Å². The van der Waals surface area contributed by atoms with Crippen LogP contribution in [0.1, 0.15) is 13.8 Å². The Morgan fingerprint density at radius 3 is 1.95 bits per heavy atom. The lowest BCUT2D eigenvalue weighted by molar-refractivity contribution is -0.128. The molecule has 4 heteroatoms. The molecule has 2 saturated heterocycles. The van der Waals surface area contributed by atoms with Crippen molar-refractivity contribution in [1.82, 2.24) is 0 Å². The van der Waals surface area contributed by atoms with E-state index in [9.17, 15) is 9.59 Å². The minimum Gasteiger partial charge on any atom is -0.359 e. The molecule has 0 aromatic heterocycles. The van der Waals surface area contributed by atoms with Gasteiger partial charge in [0.05, 0.1) is 28.7 Å². The highest BCUT2D eigenvalue weighted by Gasteiger charge is 2.70. The molecule has 20 heavy (non-hydrogen) atoms. The van der Waals surface area contributed by atoms with Crippen molar-refractivity contribution in [2.75, 3.05) is 4.90 Å². The van der Waals surface area contributed by atoms with Gasteiger partial charge in [0.1, 0.15) is 0 Å². The van der Waals surface area contributed by atoms with Crippen molar-refractivity contribution in [3.8, 4) is 0 Å². The van der Waals surface area contributed by atoms with Crippen molar-refractivity contribution in [3.63, 3.8) is 0 Å². The van der Waals surface area contributed by atoms with Gasteiger partial charge < -0.3 is 4.74 Å². The molecule has 0 N–H and O–H groups in total. The third kappa shape index (κ3) is 1.20. The van der Waals surface area contributed by atoms with Gasteiger partial charge in [0.25, 0.3) is 0 Å². The maximum atomic E-state index is 12.7. The van der Waals surface area contributed by atoms with Gasteiger partial charge in [-0.05, 0) is 26.0 Å². The predicted octanol–water partition coefficient (Wildman–Crippen LogP) is 1.91. The Balaban J connectivity index is 1.83. The number of carbonyl (C=O) groups is 2. The molecule has 2 bridgehead atoms. The van der Waals surface area contributed by atoms with Gasteiger partial charge in [0.2, 0.25) is 11.8 Å². The van der Waals surface area contributed by atoms with Crippen LogP contribution in [0.5, 0.6) is 0 Å². The summed E-state index contributed by atoms with van der Waals surface area (Å²) in [5.74, 6) is -1.13. The smallest absolute Gasteiger partial charge is 0.241 e. The fourth-order valence-corrected chi connectivity index (χ4v) is 3.86. The first-order chi connectivity index (χ1) is 9.46. The molecule has 1 aromatic carbocycles. The number of para-hydroxylation sites is 1. The molecular formula is C16H15NO3. The van der Waals surface area contributed by atoms with Crippen LogP contribution in [-0.2, 0) is 14.3 Å². The molecule has 0 aliphatic carbocycles. The summed E-state index contributed by atoms with van der Waals surface area (Å²) in [5.41, 5.74) is -0.672. The first kappa shape index (κ1) is 11.9. The number of rotatable bonds is 1. The molecule has 0 spiro atoms. The average Bonchev–Trinajstić information content (AvgIpc) is 2.96. The van der Waals surface area contributed by atoms with Gasteiger partial charge in [-0.1, -0.05) is 30.4 Å². The van der Waals surface area contributed by atoms with Crippen molar-refractivity contribution < 1.29 is 14.3 Å². The van der Waals surface area contributed by atoms with Crippen LogP contribution in [0.15, 0.2) is 42.5 Å². The second-order valence-electron chi connectivity index (χ2n) is 6.11. The van der Waals surface area contributed by atoms with Gasteiger partial charge >= 0.3 is 0 Å². The first-order valence-corrected chi connectivity index (χ1v) is 6.80. The summed E-state index contributed by atoms with van der Waals surface area (Å²) in [6, 6.07) is 9.11. The number of anilines is 1. The zero-order valence-electron chi connectivity index (χ0n) is 11.4. The third-order valence-electron chi connectivity index (χ3n) is 4.74. The Labute approximate surface area is 117 Å². The number of benzene rings is 1. The van der Waals surface area contributed by atoms with Crippen molar-refractivity contribution in [1.29, 1.82) is 0 Å². The Hall–Kier alpha value is -1.94. The normalized spacial score (nSPS) is 41.6. The summed E-state index contributed by atoms with van der Waals surface area (Å²) in [5, 5.41) is 0. The highest BCUT2D eigenvalue weighted by Crippen LogP contribution is 2.57. The zero-order chi connectivity index (χ0) is 14.1. The number of imide groups is 1. The maximum absolute atomic E-state index is 12.7. The molecule has 0 unspecified atom stereocenters. The summed E-state index contributed by atoms with van der Waals surface area (Å²) in [6.45, 7) is 3.78. The van der Waals surface area contributed by atoms with E-state index in [0.29, 0.717) is 5.69 Å². The number of nitrogens with zero attached hydrogens (tertiary/aromatic N) is 1. The van der Waals surface area contributed by atoms with E-state index < -0.39 is 23.0 Å². The Morgan fingerprint density at radius 1 is 0.950 bits per heavy atom. The average molecular weight is 269 g/mol. The van der Waals surface area contributed by atoms with Gasteiger partial charge in [0, 0.05) is 0 Å². The van der Waals surface area contributed by atoms with Crippen molar-refractivity contribution in [2.45, 2.75) is 25.0 Å². The monoisotopic (exact) mass is 269 g/mol. The predicted molar refractivity (Wildman–Crippen MR) is 73.0 cm³/mol. The van der Waals surface area contributed by atoms with E-state index in [1.165, 1.54) is 4.90 Å². The number of carbonyl (C=O) groups excluding carboxylic acids is 2. The van der Waals surface area contributed by atoms with E-state index in [1.807, 2.05) is 44.2 Å². The Kier molecular flexibility index (Phi) is 2.01. The molecular weight excluding hydrogens is 254 g/mol. The SMILES string of the molecule is C[C@]12C=C[C@@](C)(O1)[C@H]1C(=O)N(c3ccccc3)C(=O)[C@H]12. The van der Waals surface area contributed by atoms with Crippen LogP contribution < -0.4 is 4.90 Å². The van der Waals surface area contributed by atoms with Crippen LogP contribution in [0, 0.1) is 11.8 Å². The summed E-state index contributed by atoms with van der Waals surface area (Å²) >= 11 is 0. The molecule has 3 heterocycles. The molecule has 2 fully saturated rings. The highest BCUT2D eigenvalue weighted by molar-refractivity contribution is 6.23. The fourth-order valence-electron chi connectivity index (χ4n) is 3.86. The van der Waals surface area contributed by atoms with Gasteiger partial charge in [-0.2, -0.15) is 0 Å². The number of ether oxygens (including phenoxy) is 1. The van der Waals surface area contributed by atoms with Gasteiger partial charge in [-0.15, -0.1) is 0 Å². The van der Waals surface area contributed by atoms with Crippen molar-refractivity contribution in [3.05, 3.63) is 42.5 Å². The lowest BCUT2D eigenvalue weighted by atomic mass is 9.73. The Morgan fingerprint density at radius 2 is 1.45 bits per heavy atom. The topological polar surface area (TPSA) is 46.6 Å². The minimum atomic E-state index is -0.657. The second-order valence-corrected chi connectivity index (χ2v) is 6.11. The van der Waals surface area contributed by atoms with E-state index in [0.717, 1.165) is 0 Å². The Bertz CT molecular complexity index is 617. The third-order valence-corrected chi connectivity index (χ3v) is 4.74. The van der Waals surface area contributed by atoms with Gasteiger partial charge in [0.15, 0.2) is 0 Å². The molecule has 4 nitrogen and oxygen atoms in total. The lowest BCUT2D eigenvalue weighted by Gasteiger charge is -2.25. The summed E-state index contributed by atoms with van der Waals surface area (Å²) < 4.78 is 5.96. The van der Waals surface area contributed by atoms with Gasteiger partial charge in [-0.25, -0.2) is 4.90 Å². The summed E-state index contributed by atoms with van der Waals surface area (Å²) in [7, 11) is 0. The van der Waals surface area contributed by atoms with Crippen molar-refractivity contribution >= 4 is 17.5 Å². The van der Waals surface area contributed by atoms with Crippen LogP contribution in [-0.4, -0.2) is 23.0 Å². The van der Waals surface area contributed by atoms with Crippen LogP contribution in [0.3, 0.4) is 0 Å². The summed E-state index contributed by atoms with van der Waals surface area (Å²) in [4.78, 5) is 26.8. The van der Waals surface area contributed by atoms with Crippen LogP contribution in [0.4, 0.5) is 5.69 Å². The molecule has 0 radical (unpaired) electrons. The van der Waals surface area contributed by atoms with Crippen LogP contribution >= 0.6 is 0 Å². The lowest BCUT2D eigenvalue weighted by Crippen LogP contribution is -2.39. The fraction of sp³-hybridized carbons (Fsp3) is 0.375. The van der Waals surface area contributed by atoms with E-state index >= 15 is 0 Å². The largest absolute Gasteiger partial charge is 0.359 e. The molecule has 1 aromatic rings. The standard InChI is InChI=1S/C16H15NO3/c1-15-8-9-16(2,20-15)12-11(15)13(18)17(14(12)19)10-6-4-3-5-7-10/h3-9,11-12H,1-2H3/t11-,12+,15-,16-/m1/s1. The number of hydrogen-bond acceptors (Lipinski definition) is 3. The van der Waals surface area contributed by atoms with E-state index in [2.05, 4.69) is 0 Å². The van der Waals surface area contributed by atoms with Gasteiger partial charge in [-0.3, -0.25) is 9.59 Å². The highest BCUT2D eigenvalue weighted by atomic mass is 16.5. The van der Waals surface area contributed by atoms with E-state index in [1.54, 1.807) is 12.1 Å². The molecule has 3 aliphatic heterocycles. The molecule has 3 aliphatic rings. The molecule has 4 rings (SSSR count). The second kappa shape index (κ2) is 3.38. The van der Waals surface area contributed by atoms with Crippen molar-refractivity contribution in [2.24, 2.45) is 11.8 Å². The molecule has 2 amide bonds. The quantitative estimate of drug-likeness (QED) is 0.578. The molecule has 4 atom stereocenters. The van der Waals surface area contributed by atoms with Crippen LogP contribution in [0.2, 0.25) is 0 Å². The van der Waals surface area contributed by atoms with Crippen LogP contribution in [0.25, 0.3) is 0 Å². The maximum Gasteiger partial charge on any atom is 0.241 e. The summed E-state index contributed by atoms with van der Waals surface area (Å²) in [6.07, 6.45) is 3.85. The number of fused-ring (bicyclic) bond motifs is 5. The minimum absolute atomic E-state index is 0.151. The first-order valence-electron chi connectivity index (χ1n) is 6.80. The van der Waals surface area contributed by atoms with E-state index in [-0.39, 0.29) is 11.8 Å².